The number of carboxylic acids is 1. The number of unbranched alkanes of at least 4 members (excludes halogenated alkanes) is 3. The second kappa shape index (κ2) is 17.1. The van der Waals surface area contributed by atoms with Crippen molar-refractivity contribution in [3.05, 3.63) is 64.5 Å². The summed E-state index contributed by atoms with van der Waals surface area (Å²) in [5, 5.41) is 10.6. The molecule has 1 N–H and O–H groups in total. The first-order valence-corrected chi connectivity index (χ1v) is 20.1. The average molecular weight is 620 g/mol. The Morgan fingerprint density at radius 3 is 1.89 bits per heavy atom. The molecular formula is C29H39ClNO2SSn. The molecule has 0 amide bonds. The molecule has 3 nitrogen and oxygen atoms in total. The summed E-state index contributed by atoms with van der Waals surface area (Å²) >= 11 is 6.49. The molecule has 0 aliphatic rings. The molecule has 0 bridgehead atoms. The predicted molar refractivity (Wildman–Crippen MR) is 154 cm³/mol. The molecule has 35 heavy (non-hydrogen) atoms. The van der Waals surface area contributed by atoms with Crippen LogP contribution in [0, 0.1) is 0 Å². The summed E-state index contributed by atoms with van der Waals surface area (Å²) in [6.07, 6.45) is 8.81. The number of hydrogen-bond acceptors (Lipinski definition) is 3. The number of carboxylic acid groups (broad SMARTS) is 1. The Bertz CT molecular complexity index is 973. The van der Waals surface area contributed by atoms with Crippen LogP contribution in [0.3, 0.4) is 0 Å². The number of benzene rings is 2. The Morgan fingerprint density at radius 2 is 1.40 bits per heavy atom. The number of aliphatic carboxylic acids is 1. The first kappa shape index (κ1) is 29.9. The Kier molecular flexibility index (Phi) is 14.6. The van der Waals surface area contributed by atoms with E-state index in [1.165, 1.54) is 49.9 Å². The van der Waals surface area contributed by atoms with Crippen LogP contribution in [0.4, 0.5) is 0 Å². The summed E-state index contributed by atoms with van der Waals surface area (Å²) in [5.41, 5.74) is 2.57. The standard InChI is InChI=1S/C17H12ClNO2S.3C4H9.Sn/c18-13-8-6-11(7-9-13)16-14(10-15(20)21)22-17(19-16)12-4-2-1-3-5-12;3*1-3-4-2;/h1-9H,10H2,(H,20,21);3*1,3-4H2,2H3;. The van der Waals surface area contributed by atoms with Crippen LogP contribution in [-0.2, 0) is 11.2 Å². The third kappa shape index (κ3) is 11.1. The molecule has 3 rings (SSSR count). The van der Waals surface area contributed by atoms with Crippen molar-refractivity contribution >= 4 is 48.7 Å². The van der Waals surface area contributed by atoms with Gasteiger partial charge in [0.1, 0.15) is 5.01 Å². The summed E-state index contributed by atoms with van der Waals surface area (Å²) < 4.78 is 5.04. The maximum atomic E-state index is 11.1. The predicted octanol–water partition coefficient (Wildman–Crippen LogP) is 9.64. The van der Waals surface area contributed by atoms with Crippen LogP contribution >= 0.6 is 22.9 Å². The van der Waals surface area contributed by atoms with Gasteiger partial charge in [-0.25, -0.2) is 4.98 Å². The van der Waals surface area contributed by atoms with E-state index in [1.54, 1.807) is 25.4 Å². The van der Waals surface area contributed by atoms with Crippen LogP contribution in [0.25, 0.3) is 21.8 Å². The Labute approximate surface area is 227 Å². The van der Waals surface area contributed by atoms with E-state index in [4.69, 9.17) is 16.7 Å². The second-order valence-corrected chi connectivity index (χ2v) is 18.9. The van der Waals surface area contributed by atoms with Crippen LogP contribution in [0.5, 0.6) is 0 Å². The molecule has 2 aromatic carbocycles. The number of rotatable bonds is 13. The van der Waals surface area contributed by atoms with Crippen molar-refractivity contribution in [3.63, 3.8) is 0 Å². The summed E-state index contributed by atoms with van der Waals surface area (Å²) in [4.78, 5) is 16.5. The summed E-state index contributed by atoms with van der Waals surface area (Å²) in [6, 6.07) is 17.0. The summed E-state index contributed by atoms with van der Waals surface area (Å²) in [7, 11) is 0. The van der Waals surface area contributed by atoms with Crippen molar-refractivity contribution in [2.24, 2.45) is 0 Å². The Balaban J connectivity index is 0.000000287. The smallest absolute Gasteiger partial charge is 0.308 e. The van der Waals surface area contributed by atoms with Crippen molar-refractivity contribution in [1.29, 1.82) is 0 Å². The quantitative estimate of drug-likeness (QED) is 0.194. The molecule has 0 saturated heterocycles. The third-order valence-electron chi connectivity index (χ3n) is 5.80. The minimum Gasteiger partial charge on any atom is -0.481 e. The summed E-state index contributed by atoms with van der Waals surface area (Å²) in [5.74, 6) is -0.863. The molecule has 0 aliphatic carbocycles. The molecule has 3 aromatic rings. The number of carbonyl (C=O) groups is 1. The van der Waals surface area contributed by atoms with Gasteiger partial charge in [-0.15, -0.1) is 11.3 Å². The Hall–Kier alpha value is -1.37. The third-order valence-corrected chi connectivity index (χ3v) is 16.2. The maximum absolute atomic E-state index is 11.1. The zero-order valence-corrected chi connectivity index (χ0v) is 25.8. The fourth-order valence-electron chi connectivity index (χ4n) is 3.80. The topological polar surface area (TPSA) is 50.2 Å². The monoisotopic (exact) mass is 620 g/mol. The van der Waals surface area contributed by atoms with E-state index >= 15 is 0 Å². The van der Waals surface area contributed by atoms with Gasteiger partial charge in [0, 0.05) is 21.0 Å². The fourth-order valence-corrected chi connectivity index (χ4v) is 14.5. The minimum absolute atomic E-state index is 0.0392. The molecule has 189 valence electrons. The molecule has 0 fully saturated rings. The van der Waals surface area contributed by atoms with Gasteiger partial charge in [0.05, 0.1) is 12.1 Å². The van der Waals surface area contributed by atoms with Gasteiger partial charge < -0.3 is 5.11 Å². The van der Waals surface area contributed by atoms with Gasteiger partial charge in [-0.2, -0.15) is 0 Å². The molecule has 6 heteroatoms. The van der Waals surface area contributed by atoms with Crippen molar-refractivity contribution in [2.45, 2.75) is 79.0 Å². The van der Waals surface area contributed by atoms with Gasteiger partial charge in [-0.05, 0) is 12.1 Å². The van der Waals surface area contributed by atoms with E-state index in [0.717, 1.165) is 21.0 Å². The number of halogens is 1. The number of nitrogens with zero attached hydrogens (tertiary/aromatic N) is 1. The van der Waals surface area contributed by atoms with Crippen LogP contribution < -0.4 is 0 Å². The maximum Gasteiger partial charge on any atom is 0.308 e. The van der Waals surface area contributed by atoms with E-state index in [0.29, 0.717) is 10.7 Å². The van der Waals surface area contributed by atoms with Crippen molar-refractivity contribution < 1.29 is 9.90 Å². The molecule has 0 spiro atoms. The Morgan fingerprint density at radius 1 is 0.857 bits per heavy atom. The van der Waals surface area contributed by atoms with E-state index in [9.17, 15) is 4.79 Å². The van der Waals surface area contributed by atoms with E-state index in [2.05, 4.69) is 25.8 Å². The largest absolute Gasteiger partial charge is 0.481 e. The molecule has 1 radical (unpaired) electrons. The molecule has 0 atom stereocenters. The summed E-state index contributed by atoms with van der Waals surface area (Å²) in [6.45, 7) is 7.00. The van der Waals surface area contributed by atoms with Crippen LogP contribution in [0.1, 0.15) is 64.2 Å². The number of thiazole rings is 1. The van der Waals surface area contributed by atoms with Crippen LogP contribution in [-0.4, -0.2) is 35.8 Å². The normalized spacial score (nSPS) is 10.8. The first-order valence-electron chi connectivity index (χ1n) is 12.8. The molecule has 0 aliphatic heterocycles. The number of aromatic nitrogens is 1. The zero-order valence-electron chi connectivity index (χ0n) is 21.4. The number of hydrogen-bond donors (Lipinski definition) is 1. The van der Waals surface area contributed by atoms with E-state index < -0.39 is 25.7 Å². The van der Waals surface area contributed by atoms with Crippen molar-refractivity contribution in [2.75, 3.05) is 0 Å². The molecule has 1 aromatic heterocycles. The van der Waals surface area contributed by atoms with Gasteiger partial charge in [-0.3, -0.25) is 4.79 Å². The second-order valence-electron chi connectivity index (χ2n) is 8.79. The average Bonchev–Trinajstić information content (AvgIpc) is 3.28. The molecular weight excluding hydrogens is 581 g/mol. The zero-order chi connectivity index (χ0) is 25.5. The van der Waals surface area contributed by atoms with Gasteiger partial charge in [-0.1, -0.05) is 54.1 Å². The van der Waals surface area contributed by atoms with E-state index in [-0.39, 0.29) is 6.42 Å². The SMILES string of the molecule is CCC[CH2][Sn]([CH2]CCC)[CH2]CCC.O=C(O)Cc1sc(-c2ccccc2)nc1-c1ccc(Cl)cc1. The van der Waals surface area contributed by atoms with Crippen molar-refractivity contribution in [1.82, 2.24) is 4.98 Å². The molecule has 0 saturated carbocycles. The first-order chi connectivity index (χ1) is 17.0. The van der Waals surface area contributed by atoms with Gasteiger partial charge >= 0.3 is 98.3 Å². The van der Waals surface area contributed by atoms with Crippen LogP contribution in [0.2, 0.25) is 18.3 Å². The van der Waals surface area contributed by atoms with E-state index in [1.807, 2.05) is 42.5 Å². The van der Waals surface area contributed by atoms with Gasteiger partial charge in [0.25, 0.3) is 0 Å². The fraction of sp³-hybridized carbons (Fsp3) is 0.448. The van der Waals surface area contributed by atoms with Gasteiger partial charge in [0.2, 0.25) is 0 Å². The van der Waals surface area contributed by atoms with Crippen molar-refractivity contribution in [3.8, 4) is 21.8 Å². The van der Waals surface area contributed by atoms with Crippen LogP contribution in [0.15, 0.2) is 54.6 Å². The van der Waals surface area contributed by atoms with Gasteiger partial charge in [0.15, 0.2) is 0 Å². The minimum atomic E-state index is -0.863. The molecule has 1 heterocycles. The molecule has 0 unspecified atom stereocenters.